The Morgan fingerprint density at radius 2 is 2.00 bits per heavy atom. The molecule has 1 aromatic rings. The minimum atomic E-state index is -0.821. The number of esters is 1. The van der Waals surface area contributed by atoms with Crippen LogP contribution >= 0.6 is 0 Å². The lowest BCUT2D eigenvalue weighted by molar-refractivity contribution is -0.00980. The summed E-state index contributed by atoms with van der Waals surface area (Å²) in [5.74, 6) is 0.0319. The number of benzene rings is 1. The third-order valence-electron chi connectivity index (χ3n) is 5.59. The molecular weight excluding hydrogens is 304 g/mol. The minimum absolute atomic E-state index is 0.104. The van der Waals surface area contributed by atoms with Crippen molar-refractivity contribution in [3.05, 3.63) is 82.4 Å². The third-order valence-corrected chi connectivity index (χ3v) is 5.59. The zero-order valence-corrected chi connectivity index (χ0v) is 12.9. The second-order valence-corrected chi connectivity index (χ2v) is 6.74. The van der Waals surface area contributed by atoms with Gasteiger partial charge in [0.2, 0.25) is 0 Å². The molecule has 3 unspecified atom stereocenters. The molecule has 0 amide bonds. The van der Waals surface area contributed by atoms with E-state index in [1.165, 1.54) is 0 Å². The zero-order valence-electron chi connectivity index (χ0n) is 12.9. The van der Waals surface area contributed by atoms with Gasteiger partial charge in [0.25, 0.3) is 0 Å². The van der Waals surface area contributed by atoms with Gasteiger partial charge in [0.1, 0.15) is 5.76 Å². The summed E-state index contributed by atoms with van der Waals surface area (Å²) in [4.78, 5) is 12.5. The standard InChI is InChI=1S/C20H16O4/c21-11-5-7-17-14(9-11)15-10-12(22)6-8-18(15)20(17)16-4-2-1-3-13(16)19(23)24-20/h1-5,7,9-10,14,17,21-22H,6,8H2. The van der Waals surface area contributed by atoms with Crippen LogP contribution in [0, 0.1) is 11.8 Å². The molecule has 1 spiro atoms. The Morgan fingerprint density at radius 3 is 2.88 bits per heavy atom. The van der Waals surface area contributed by atoms with Gasteiger partial charge in [0.15, 0.2) is 5.60 Å². The van der Waals surface area contributed by atoms with Crippen LogP contribution in [0.5, 0.6) is 0 Å². The maximum absolute atomic E-state index is 12.5. The van der Waals surface area contributed by atoms with E-state index in [1.807, 2.05) is 24.3 Å². The molecule has 4 nitrogen and oxygen atoms in total. The number of carbonyl (C=O) groups excluding carboxylic acids is 1. The van der Waals surface area contributed by atoms with Gasteiger partial charge < -0.3 is 14.9 Å². The van der Waals surface area contributed by atoms with E-state index >= 15 is 0 Å². The molecular formula is C20H16O4. The molecule has 24 heavy (non-hydrogen) atoms. The Kier molecular flexibility index (Phi) is 2.51. The van der Waals surface area contributed by atoms with Gasteiger partial charge in [-0.25, -0.2) is 4.79 Å². The molecule has 1 aliphatic heterocycles. The van der Waals surface area contributed by atoms with Crippen molar-refractivity contribution in [1.82, 2.24) is 0 Å². The van der Waals surface area contributed by atoms with E-state index in [2.05, 4.69) is 0 Å². The molecule has 2 N–H and O–H groups in total. The van der Waals surface area contributed by atoms with Gasteiger partial charge in [0, 0.05) is 23.8 Å². The van der Waals surface area contributed by atoms with Crippen molar-refractivity contribution >= 4 is 5.97 Å². The Labute approximate surface area is 139 Å². The fraction of sp³-hybridized carbons (Fsp3) is 0.250. The lowest BCUT2D eigenvalue weighted by atomic mass is 9.74. The van der Waals surface area contributed by atoms with E-state index in [9.17, 15) is 15.0 Å². The summed E-state index contributed by atoms with van der Waals surface area (Å²) in [5, 5.41) is 20.0. The van der Waals surface area contributed by atoms with E-state index in [0.717, 1.165) is 16.7 Å². The number of hydrogen-bond acceptors (Lipinski definition) is 4. The maximum atomic E-state index is 12.5. The molecule has 3 atom stereocenters. The molecule has 1 aromatic carbocycles. The molecule has 0 saturated carbocycles. The quantitative estimate of drug-likeness (QED) is 0.713. The summed E-state index contributed by atoms with van der Waals surface area (Å²) in [6, 6.07) is 7.52. The molecule has 120 valence electrons. The summed E-state index contributed by atoms with van der Waals surface area (Å²) >= 11 is 0. The van der Waals surface area contributed by atoms with Gasteiger partial charge in [-0.1, -0.05) is 24.3 Å². The second-order valence-electron chi connectivity index (χ2n) is 6.74. The molecule has 0 fully saturated rings. The van der Waals surface area contributed by atoms with Crippen molar-refractivity contribution in [2.75, 3.05) is 0 Å². The molecule has 4 aliphatic rings. The topological polar surface area (TPSA) is 66.8 Å². The van der Waals surface area contributed by atoms with Crippen LogP contribution in [-0.4, -0.2) is 16.2 Å². The lowest BCUT2D eigenvalue weighted by Gasteiger charge is -2.35. The van der Waals surface area contributed by atoms with Crippen molar-refractivity contribution in [2.45, 2.75) is 18.4 Å². The second kappa shape index (κ2) is 4.41. The first kappa shape index (κ1) is 13.7. The molecule has 0 aromatic heterocycles. The maximum Gasteiger partial charge on any atom is 0.339 e. The van der Waals surface area contributed by atoms with Crippen molar-refractivity contribution in [2.24, 2.45) is 11.8 Å². The van der Waals surface area contributed by atoms with Crippen LogP contribution in [0.1, 0.15) is 28.8 Å². The van der Waals surface area contributed by atoms with E-state index in [1.54, 1.807) is 24.3 Å². The largest absolute Gasteiger partial charge is 0.512 e. The number of fused-ring (bicyclic) bond motifs is 6. The lowest BCUT2D eigenvalue weighted by Crippen LogP contribution is -2.36. The molecule has 3 aliphatic carbocycles. The highest BCUT2D eigenvalue weighted by Crippen LogP contribution is 2.61. The van der Waals surface area contributed by atoms with Crippen molar-refractivity contribution in [1.29, 1.82) is 0 Å². The number of allylic oxidation sites excluding steroid dienone is 5. The summed E-state index contributed by atoms with van der Waals surface area (Å²) in [5.41, 5.74) is 2.69. The van der Waals surface area contributed by atoms with Crippen LogP contribution in [0.3, 0.4) is 0 Å². The highest BCUT2D eigenvalue weighted by Gasteiger charge is 2.60. The number of hydrogen-bond donors (Lipinski definition) is 2. The van der Waals surface area contributed by atoms with Gasteiger partial charge in [-0.2, -0.15) is 0 Å². The van der Waals surface area contributed by atoms with Gasteiger partial charge in [-0.3, -0.25) is 0 Å². The first-order chi connectivity index (χ1) is 11.6. The summed E-state index contributed by atoms with van der Waals surface area (Å²) in [7, 11) is 0. The summed E-state index contributed by atoms with van der Waals surface area (Å²) < 4.78 is 6.02. The van der Waals surface area contributed by atoms with Gasteiger partial charge >= 0.3 is 5.97 Å². The summed E-state index contributed by atoms with van der Waals surface area (Å²) in [6.07, 6.45) is 8.35. The summed E-state index contributed by atoms with van der Waals surface area (Å²) in [6.45, 7) is 0. The zero-order chi connectivity index (χ0) is 16.5. The Bertz CT molecular complexity index is 902. The SMILES string of the molecule is O=C1OC2(C3=C(C=C(O)CC3)C3C=C(O)C=CC32)c2ccccc21. The van der Waals surface area contributed by atoms with Crippen LogP contribution in [0.15, 0.2) is 71.2 Å². The molecule has 0 bridgehead atoms. The molecule has 0 radical (unpaired) electrons. The van der Waals surface area contributed by atoms with Gasteiger partial charge in [-0.15, -0.1) is 0 Å². The van der Waals surface area contributed by atoms with Crippen LogP contribution in [0.25, 0.3) is 0 Å². The number of aliphatic hydroxyl groups is 2. The van der Waals surface area contributed by atoms with Crippen LogP contribution in [-0.2, 0) is 10.3 Å². The van der Waals surface area contributed by atoms with E-state index in [4.69, 9.17) is 4.74 Å². The average Bonchev–Trinajstić information content (AvgIpc) is 3.02. The molecule has 4 heteroatoms. The highest BCUT2D eigenvalue weighted by molar-refractivity contribution is 5.96. The molecule has 0 saturated heterocycles. The monoisotopic (exact) mass is 320 g/mol. The van der Waals surface area contributed by atoms with Crippen LogP contribution in [0.4, 0.5) is 0 Å². The van der Waals surface area contributed by atoms with Crippen molar-refractivity contribution in [3.8, 4) is 0 Å². The average molecular weight is 320 g/mol. The number of ether oxygens (including phenoxy) is 1. The van der Waals surface area contributed by atoms with Crippen LogP contribution < -0.4 is 0 Å². The molecule has 5 rings (SSSR count). The minimum Gasteiger partial charge on any atom is -0.512 e. The van der Waals surface area contributed by atoms with Crippen LogP contribution in [0.2, 0.25) is 0 Å². The number of aliphatic hydroxyl groups excluding tert-OH is 2. The van der Waals surface area contributed by atoms with E-state index in [-0.39, 0.29) is 23.6 Å². The fourth-order valence-corrected chi connectivity index (χ4v) is 4.68. The normalized spacial score (nSPS) is 32.9. The smallest absolute Gasteiger partial charge is 0.339 e. The predicted molar refractivity (Wildman–Crippen MR) is 87.3 cm³/mol. The first-order valence-corrected chi connectivity index (χ1v) is 8.16. The van der Waals surface area contributed by atoms with Crippen molar-refractivity contribution in [3.63, 3.8) is 0 Å². The van der Waals surface area contributed by atoms with E-state index < -0.39 is 5.60 Å². The Balaban J connectivity index is 1.81. The molecule has 1 heterocycles. The number of carbonyl (C=O) groups is 1. The predicted octanol–water partition coefficient (Wildman–Crippen LogP) is 3.84. The first-order valence-electron chi connectivity index (χ1n) is 8.16. The Morgan fingerprint density at radius 1 is 1.17 bits per heavy atom. The number of rotatable bonds is 0. The highest BCUT2D eigenvalue weighted by atomic mass is 16.6. The third kappa shape index (κ3) is 1.51. The van der Waals surface area contributed by atoms with E-state index in [0.29, 0.717) is 24.2 Å². The Hall–Kier alpha value is -2.75. The van der Waals surface area contributed by atoms with Gasteiger partial charge in [-0.05, 0) is 41.9 Å². The van der Waals surface area contributed by atoms with Gasteiger partial charge in [0.05, 0.1) is 11.3 Å². The van der Waals surface area contributed by atoms with Crippen molar-refractivity contribution < 1.29 is 19.7 Å². The fourth-order valence-electron chi connectivity index (χ4n) is 4.68.